The monoisotopic (exact) mass is 338 g/mol. The molecule has 1 aliphatic carbocycles. The van der Waals surface area contributed by atoms with Crippen LogP contribution in [-0.2, 0) is 14.6 Å². The van der Waals surface area contributed by atoms with Gasteiger partial charge in [0, 0.05) is 16.9 Å². The molecular formula is C16H12ClFO3S. The lowest BCUT2D eigenvalue weighted by atomic mass is 10.1. The fourth-order valence-electron chi connectivity index (χ4n) is 2.75. The first-order valence-electron chi connectivity index (χ1n) is 6.65. The standard InChI is InChI=1S/C16H12ClFO3S/c17-11-3-7-13(8-4-11)22(20,21)16-14(9-19)15(16)10-1-5-12(18)6-2-10/h1-9,14-16H/t14-,15+,16+/m0/s1. The Kier molecular flexibility index (Phi) is 3.78. The summed E-state index contributed by atoms with van der Waals surface area (Å²) in [7, 11) is -3.63. The van der Waals surface area contributed by atoms with E-state index in [4.69, 9.17) is 11.6 Å². The summed E-state index contributed by atoms with van der Waals surface area (Å²) in [6.07, 6.45) is 0.659. The summed E-state index contributed by atoms with van der Waals surface area (Å²) in [5.41, 5.74) is 0.654. The molecule has 6 heteroatoms. The van der Waals surface area contributed by atoms with Crippen LogP contribution in [0.1, 0.15) is 11.5 Å². The minimum atomic E-state index is -3.63. The zero-order chi connectivity index (χ0) is 15.9. The van der Waals surface area contributed by atoms with Crippen molar-refractivity contribution in [3.8, 4) is 0 Å². The van der Waals surface area contributed by atoms with E-state index in [1.807, 2.05) is 0 Å². The highest BCUT2D eigenvalue weighted by Gasteiger charge is 2.59. The lowest BCUT2D eigenvalue weighted by Crippen LogP contribution is -2.11. The predicted octanol–water partition coefficient (Wildman–Crippen LogP) is 3.23. The third kappa shape index (κ3) is 2.55. The number of halogens is 2. The van der Waals surface area contributed by atoms with E-state index >= 15 is 0 Å². The summed E-state index contributed by atoms with van der Waals surface area (Å²) in [5.74, 6) is -1.44. The molecule has 22 heavy (non-hydrogen) atoms. The molecule has 1 fully saturated rings. The number of carbonyl (C=O) groups is 1. The Morgan fingerprint density at radius 3 is 2.14 bits per heavy atom. The summed E-state index contributed by atoms with van der Waals surface area (Å²) in [5, 5.41) is -0.367. The van der Waals surface area contributed by atoms with Crippen LogP contribution in [0.2, 0.25) is 5.02 Å². The number of hydrogen-bond acceptors (Lipinski definition) is 3. The van der Waals surface area contributed by atoms with Gasteiger partial charge in [-0.3, -0.25) is 0 Å². The molecule has 0 amide bonds. The van der Waals surface area contributed by atoms with Gasteiger partial charge in [-0.25, -0.2) is 12.8 Å². The number of hydrogen-bond donors (Lipinski definition) is 0. The van der Waals surface area contributed by atoms with Gasteiger partial charge in [-0.05, 0) is 42.0 Å². The summed E-state index contributed by atoms with van der Waals surface area (Å²) in [6.45, 7) is 0. The maximum absolute atomic E-state index is 13.0. The Balaban J connectivity index is 1.95. The Morgan fingerprint density at radius 2 is 1.59 bits per heavy atom. The number of carbonyl (C=O) groups excluding carboxylic acids is 1. The average molecular weight is 339 g/mol. The van der Waals surface area contributed by atoms with Crippen molar-refractivity contribution in [2.75, 3.05) is 0 Å². The molecule has 0 spiro atoms. The quantitative estimate of drug-likeness (QED) is 0.804. The van der Waals surface area contributed by atoms with Crippen LogP contribution in [0.4, 0.5) is 4.39 Å². The van der Waals surface area contributed by atoms with Gasteiger partial charge in [0.05, 0.1) is 10.1 Å². The second-order valence-corrected chi connectivity index (χ2v) is 7.80. The normalized spacial score (nSPS) is 24.0. The number of benzene rings is 2. The average Bonchev–Trinajstić information content (AvgIpc) is 3.24. The number of rotatable bonds is 4. The van der Waals surface area contributed by atoms with Gasteiger partial charge in [0.2, 0.25) is 0 Å². The van der Waals surface area contributed by atoms with Gasteiger partial charge in [-0.1, -0.05) is 23.7 Å². The SMILES string of the molecule is O=C[C@H]1[C@@H](c2ccc(F)cc2)[C@@H]1S(=O)(=O)c1ccc(Cl)cc1. The molecule has 0 saturated heterocycles. The van der Waals surface area contributed by atoms with Crippen molar-refractivity contribution < 1.29 is 17.6 Å². The second kappa shape index (κ2) is 5.48. The molecule has 3 atom stereocenters. The molecule has 3 rings (SSSR count). The molecule has 1 aliphatic rings. The van der Waals surface area contributed by atoms with Crippen LogP contribution in [0.15, 0.2) is 53.4 Å². The fraction of sp³-hybridized carbons (Fsp3) is 0.188. The molecule has 0 bridgehead atoms. The van der Waals surface area contributed by atoms with Gasteiger partial charge in [-0.2, -0.15) is 0 Å². The third-order valence-corrected chi connectivity index (χ3v) is 6.42. The highest BCUT2D eigenvalue weighted by atomic mass is 35.5. The highest BCUT2D eigenvalue weighted by Crippen LogP contribution is 2.52. The van der Waals surface area contributed by atoms with Crippen LogP contribution in [0, 0.1) is 11.7 Å². The number of sulfone groups is 1. The molecule has 2 aromatic rings. The summed E-state index contributed by atoms with van der Waals surface area (Å²) >= 11 is 5.77. The zero-order valence-corrected chi connectivity index (χ0v) is 12.9. The summed E-state index contributed by atoms with van der Waals surface area (Å²) < 4.78 is 38.3. The smallest absolute Gasteiger partial charge is 0.182 e. The van der Waals surface area contributed by atoms with Gasteiger partial charge in [0.1, 0.15) is 12.1 Å². The third-order valence-electron chi connectivity index (χ3n) is 3.92. The lowest BCUT2D eigenvalue weighted by Gasteiger charge is -2.04. The van der Waals surface area contributed by atoms with Gasteiger partial charge in [0.25, 0.3) is 0 Å². The minimum Gasteiger partial charge on any atom is -0.303 e. The van der Waals surface area contributed by atoms with Gasteiger partial charge < -0.3 is 4.79 Å². The van der Waals surface area contributed by atoms with Crippen molar-refractivity contribution in [3.05, 3.63) is 64.9 Å². The van der Waals surface area contributed by atoms with E-state index in [1.165, 1.54) is 48.5 Å². The van der Waals surface area contributed by atoms with E-state index in [-0.39, 0.29) is 4.90 Å². The molecule has 0 aliphatic heterocycles. The van der Waals surface area contributed by atoms with E-state index in [0.717, 1.165) is 0 Å². The van der Waals surface area contributed by atoms with Gasteiger partial charge >= 0.3 is 0 Å². The van der Waals surface area contributed by atoms with Gasteiger partial charge in [-0.15, -0.1) is 0 Å². The second-order valence-electron chi connectivity index (χ2n) is 5.25. The molecule has 114 valence electrons. The van der Waals surface area contributed by atoms with Crippen LogP contribution in [0.3, 0.4) is 0 Å². The molecule has 3 nitrogen and oxygen atoms in total. The molecular weight excluding hydrogens is 327 g/mol. The first-order valence-corrected chi connectivity index (χ1v) is 8.58. The van der Waals surface area contributed by atoms with Crippen LogP contribution >= 0.6 is 11.6 Å². The van der Waals surface area contributed by atoms with E-state index in [0.29, 0.717) is 16.9 Å². The van der Waals surface area contributed by atoms with Crippen LogP contribution in [0.25, 0.3) is 0 Å². The molecule has 0 N–H and O–H groups in total. The van der Waals surface area contributed by atoms with Crippen molar-refractivity contribution in [1.82, 2.24) is 0 Å². The van der Waals surface area contributed by atoms with Gasteiger partial charge in [0.15, 0.2) is 9.84 Å². The molecule has 2 aromatic carbocycles. The van der Waals surface area contributed by atoms with E-state index in [2.05, 4.69) is 0 Å². The van der Waals surface area contributed by atoms with Crippen molar-refractivity contribution >= 4 is 27.7 Å². The Bertz CT molecular complexity index is 800. The minimum absolute atomic E-state index is 0.137. The molecule has 0 radical (unpaired) electrons. The molecule has 0 unspecified atom stereocenters. The fourth-order valence-corrected chi connectivity index (χ4v) is 4.98. The van der Waals surface area contributed by atoms with E-state index < -0.39 is 32.7 Å². The summed E-state index contributed by atoms with van der Waals surface area (Å²) in [6, 6.07) is 11.4. The highest BCUT2D eigenvalue weighted by molar-refractivity contribution is 7.92. The number of aldehydes is 1. The first kappa shape index (κ1) is 15.2. The maximum atomic E-state index is 13.0. The van der Waals surface area contributed by atoms with Crippen LogP contribution < -0.4 is 0 Å². The Labute approximate surface area is 132 Å². The predicted molar refractivity (Wildman–Crippen MR) is 81.1 cm³/mol. The van der Waals surface area contributed by atoms with Crippen LogP contribution in [-0.4, -0.2) is 20.0 Å². The van der Waals surface area contributed by atoms with Crippen LogP contribution in [0.5, 0.6) is 0 Å². The molecule has 1 saturated carbocycles. The molecule has 0 aromatic heterocycles. The van der Waals surface area contributed by atoms with Crippen molar-refractivity contribution in [2.45, 2.75) is 16.1 Å². The topological polar surface area (TPSA) is 51.2 Å². The maximum Gasteiger partial charge on any atom is 0.182 e. The molecule has 0 heterocycles. The zero-order valence-electron chi connectivity index (χ0n) is 11.3. The van der Waals surface area contributed by atoms with Crippen molar-refractivity contribution in [3.63, 3.8) is 0 Å². The first-order chi connectivity index (χ1) is 10.4. The van der Waals surface area contributed by atoms with Crippen molar-refractivity contribution in [2.24, 2.45) is 5.92 Å². The van der Waals surface area contributed by atoms with E-state index in [9.17, 15) is 17.6 Å². The summed E-state index contributed by atoms with van der Waals surface area (Å²) in [4.78, 5) is 11.3. The lowest BCUT2D eigenvalue weighted by molar-refractivity contribution is -0.108. The Morgan fingerprint density at radius 1 is 1.00 bits per heavy atom. The van der Waals surface area contributed by atoms with E-state index in [1.54, 1.807) is 0 Å². The Hall–Kier alpha value is -1.72. The van der Waals surface area contributed by atoms with Crippen molar-refractivity contribution in [1.29, 1.82) is 0 Å². The largest absolute Gasteiger partial charge is 0.303 e.